The fraction of sp³-hybridized carbons (Fsp3) is 0.481. The van der Waals surface area contributed by atoms with E-state index in [2.05, 4.69) is 10.2 Å². The number of hydrogen-bond acceptors (Lipinski definition) is 7. The molecule has 0 saturated carbocycles. The molecule has 0 radical (unpaired) electrons. The minimum atomic E-state index is -1.81. The number of aromatic nitrogens is 1. The van der Waals surface area contributed by atoms with Gasteiger partial charge in [-0.3, -0.25) is 14.4 Å². The van der Waals surface area contributed by atoms with Gasteiger partial charge >= 0.3 is 0 Å². The first-order chi connectivity index (χ1) is 17.8. The first-order valence-corrected chi connectivity index (χ1v) is 12.7. The molecule has 4 saturated heterocycles. The van der Waals surface area contributed by atoms with E-state index < -0.39 is 41.6 Å². The summed E-state index contributed by atoms with van der Waals surface area (Å²) in [6.45, 7) is 4.25. The Bertz CT molecular complexity index is 1230. The zero-order valence-electron chi connectivity index (χ0n) is 20.6. The number of anilines is 1. The fourth-order valence-electron chi connectivity index (χ4n) is 5.91. The molecule has 194 valence electrons. The van der Waals surface area contributed by atoms with Crippen molar-refractivity contribution in [2.24, 2.45) is 5.92 Å². The number of Topliss-reactive ketones (excluding diaryl/α,β-unsaturated/α-hetero) is 1. The van der Waals surface area contributed by atoms with Gasteiger partial charge in [-0.05, 0) is 36.6 Å². The van der Waals surface area contributed by atoms with Crippen molar-refractivity contribution in [3.63, 3.8) is 0 Å². The molecule has 10 heteroatoms. The van der Waals surface area contributed by atoms with E-state index in [-0.39, 0.29) is 25.4 Å². The molecule has 9 nitrogen and oxygen atoms in total. The van der Waals surface area contributed by atoms with Gasteiger partial charge in [0.1, 0.15) is 30.6 Å². The molecule has 5 heterocycles. The predicted molar refractivity (Wildman–Crippen MR) is 132 cm³/mol. The van der Waals surface area contributed by atoms with Crippen LogP contribution in [0.5, 0.6) is 0 Å². The van der Waals surface area contributed by atoms with E-state index in [1.807, 2.05) is 30.3 Å². The lowest BCUT2D eigenvalue weighted by Crippen LogP contribution is -2.53. The standard InChI is InChI=1S/C27H29FN4O5/c1-16-13-20(26(35)32-15-27(16,28)24-23(32)21(33)14-37-24)30-25(34)18-7-5-17(6-8-18)19-3-2-4-22(29-19)31-9-11-36-12-10-31/h2-8,16,20,23-24H,9-15H2,1H3,(H,30,34)/t16?,20?,23?,24-,27+/m0/s1. The van der Waals surface area contributed by atoms with Crippen LogP contribution in [0.25, 0.3) is 11.3 Å². The van der Waals surface area contributed by atoms with Gasteiger partial charge in [0.15, 0.2) is 11.5 Å². The van der Waals surface area contributed by atoms with E-state index in [0.29, 0.717) is 18.8 Å². The lowest BCUT2D eigenvalue weighted by Gasteiger charge is -2.32. The van der Waals surface area contributed by atoms with Gasteiger partial charge in [-0.1, -0.05) is 25.1 Å². The van der Waals surface area contributed by atoms with Gasteiger partial charge < -0.3 is 24.6 Å². The first kappa shape index (κ1) is 24.0. The topological polar surface area (TPSA) is 101 Å². The Balaban J connectivity index is 1.17. The Hall–Kier alpha value is -3.37. The first-order valence-electron chi connectivity index (χ1n) is 12.7. The van der Waals surface area contributed by atoms with Crippen molar-refractivity contribution in [1.29, 1.82) is 0 Å². The monoisotopic (exact) mass is 508 g/mol. The molecule has 2 bridgehead atoms. The van der Waals surface area contributed by atoms with Gasteiger partial charge in [0, 0.05) is 24.2 Å². The summed E-state index contributed by atoms with van der Waals surface area (Å²) in [5.41, 5.74) is 0.223. The highest BCUT2D eigenvalue weighted by Crippen LogP contribution is 2.46. The van der Waals surface area contributed by atoms with Gasteiger partial charge in [0.05, 0.1) is 25.5 Å². The summed E-state index contributed by atoms with van der Waals surface area (Å²) in [7, 11) is 0. The molecular formula is C27H29FN4O5. The zero-order chi connectivity index (χ0) is 25.7. The number of fused-ring (bicyclic) bond motifs is 5. The number of amides is 2. The molecule has 1 N–H and O–H groups in total. The number of morpholine rings is 1. The molecule has 5 atom stereocenters. The quantitative estimate of drug-likeness (QED) is 0.670. The van der Waals surface area contributed by atoms with Crippen LogP contribution in [0.3, 0.4) is 0 Å². The molecule has 3 unspecified atom stereocenters. The average Bonchev–Trinajstić information content (AvgIpc) is 3.44. The molecule has 0 aliphatic carbocycles. The van der Waals surface area contributed by atoms with Crippen LogP contribution in [0.1, 0.15) is 23.7 Å². The maximum absolute atomic E-state index is 15.9. The van der Waals surface area contributed by atoms with Gasteiger partial charge in [0.2, 0.25) is 5.91 Å². The van der Waals surface area contributed by atoms with Gasteiger partial charge in [-0.25, -0.2) is 9.37 Å². The number of benzene rings is 1. The molecule has 4 aliphatic heterocycles. The lowest BCUT2D eigenvalue weighted by atomic mass is 9.82. The van der Waals surface area contributed by atoms with Crippen molar-refractivity contribution in [2.45, 2.75) is 37.2 Å². The molecule has 0 spiro atoms. The van der Waals surface area contributed by atoms with Crippen LogP contribution < -0.4 is 10.2 Å². The van der Waals surface area contributed by atoms with Crippen molar-refractivity contribution in [2.75, 3.05) is 44.4 Å². The van der Waals surface area contributed by atoms with Crippen molar-refractivity contribution in [3.05, 3.63) is 48.0 Å². The lowest BCUT2D eigenvalue weighted by molar-refractivity contribution is -0.138. The molecule has 2 amide bonds. The van der Waals surface area contributed by atoms with E-state index in [1.54, 1.807) is 19.1 Å². The Morgan fingerprint density at radius 2 is 1.89 bits per heavy atom. The summed E-state index contributed by atoms with van der Waals surface area (Å²) in [6, 6.07) is 11.0. The molecule has 4 fully saturated rings. The highest BCUT2D eigenvalue weighted by atomic mass is 19.1. The fourth-order valence-corrected chi connectivity index (χ4v) is 5.91. The average molecular weight is 509 g/mol. The normalized spacial score (nSPS) is 31.3. The van der Waals surface area contributed by atoms with E-state index >= 15 is 4.39 Å². The van der Waals surface area contributed by atoms with Gasteiger partial charge in [-0.2, -0.15) is 0 Å². The Labute approximate surface area is 213 Å². The third kappa shape index (κ3) is 4.08. The van der Waals surface area contributed by atoms with Gasteiger partial charge in [0.25, 0.3) is 5.91 Å². The number of nitrogens with zero attached hydrogens (tertiary/aromatic N) is 3. The summed E-state index contributed by atoms with van der Waals surface area (Å²) in [5, 5.41) is 2.78. The summed E-state index contributed by atoms with van der Waals surface area (Å²) >= 11 is 0. The smallest absolute Gasteiger partial charge is 0.251 e. The molecule has 4 aliphatic rings. The Morgan fingerprint density at radius 3 is 2.65 bits per heavy atom. The third-order valence-electron chi connectivity index (χ3n) is 8.05. The van der Waals surface area contributed by atoms with Crippen molar-refractivity contribution in [3.8, 4) is 11.3 Å². The Morgan fingerprint density at radius 1 is 1.14 bits per heavy atom. The second-order valence-corrected chi connectivity index (χ2v) is 10.3. The van der Waals surface area contributed by atoms with Crippen molar-refractivity contribution >= 4 is 23.4 Å². The minimum absolute atomic E-state index is 0.134. The van der Waals surface area contributed by atoms with Crippen LogP contribution in [0, 0.1) is 5.92 Å². The second-order valence-electron chi connectivity index (χ2n) is 10.3. The van der Waals surface area contributed by atoms with Crippen LogP contribution >= 0.6 is 0 Å². The van der Waals surface area contributed by atoms with Gasteiger partial charge in [-0.15, -0.1) is 0 Å². The minimum Gasteiger partial charge on any atom is -0.378 e. The second kappa shape index (κ2) is 9.18. The summed E-state index contributed by atoms with van der Waals surface area (Å²) < 4.78 is 26.7. The van der Waals surface area contributed by atoms with Crippen LogP contribution in [0.2, 0.25) is 0 Å². The number of halogens is 1. The van der Waals surface area contributed by atoms with Crippen molar-refractivity contribution in [1.82, 2.24) is 15.2 Å². The van der Waals surface area contributed by atoms with Crippen LogP contribution in [-0.4, -0.2) is 90.8 Å². The third-order valence-corrected chi connectivity index (χ3v) is 8.05. The van der Waals surface area contributed by atoms with Crippen LogP contribution in [0.4, 0.5) is 10.2 Å². The van der Waals surface area contributed by atoms with Crippen molar-refractivity contribution < 1.29 is 28.2 Å². The van der Waals surface area contributed by atoms with Crippen LogP contribution in [-0.2, 0) is 19.1 Å². The highest BCUT2D eigenvalue weighted by molar-refractivity contribution is 6.00. The summed E-state index contributed by atoms with van der Waals surface area (Å²) in [6.07, 6.45) is -0.798. The summed E-state index contributed by atoms with van der Waals surface area (Å²) in [4.78, 5) is 46.9. The SMILES string of the molecule is CC1CC(NC(=O)c2ccc(-c3cccc(N4CCOCC4)n3)cc2)C(=O)N2C[C@]1(F)[C@H]1OCC(=O)C12. The number of hydrogen-bond donors (Lipinski definition) is 1. The number of carbonyl (C=O) groups excluding carboxylic acids is 3. The number of rotatable bonds is 4. The molecule has 2 aromatic rings. The zero-order valence-corrected chi connectivity index (χ0v) is 20.6. The van der Waals surface area contributed by atoms with E-state index in [0.717, 1.165) is 30.2 Å². The van der Waals surface area contributed by atoms with E-state index in [4.69, 9.17) is 14.5 Å². The number of alkyl halides is 1. The molecular weight excluding hydrogens is 479 g/mol. The molecule has 1 aromatic heterocycles. The van der Waals surface area contributed by atoms with E-state index in [9.17, 15) is 14.4 Å². The van der Waals surface area contributed by atoms with E-state index in [1.165, 1.54) is 4.90 Å². The molecule has 6 rings (SSSR count). The number of ether oxygens (including phenoxy) is 2. The highest BCUT2D eigenvalue weighted by Gasteiger charge is 2.65. The molecule has 1 aromatic carbocycles. The molecule has 37 heavy (non-hydrogen) atoms. The predicted octanol–water partition coefficient (Wildman–Crippen LogP) is 1.61. The summed E-state index contributed by atoms with van der Waals surface area (Å²) in [5.74, 6) is -0.845. The van der Waals surface area contributed by atoms with Crippen LogP contribution in [0.15, 0.2) is 42.5 Å². The number of nitrogens with one attached hydrogen (secondary N) is 1. The number of carbonyl (C=O) groups is 3. The Kier molecular flexibility index (Phi) is 5.95. The maximum Gasteiger partial charge on any atom is 0.251 e. The largest absolute Gasteiger partial charge is 0.378 e. The number of pyridine rings is 1. The maximum atomic E-state index is 15.9. The number of ketones is 1.